The first-order chi connectivity index (χ1) is 22.4. The quantitative estimate of drug-likeness (QED) is 0.0579. The van der Waals surface area contributed by atoms with Crippen LogP contribution >= 0.6 is 49.6 Å². The third-order valence-electron chi connectivity index (χ3n) is 6.94. The molecular formula is C36H60Cl4N12. The molecule has 0 amide bonds. The molecular weight excluding hydrogens is 742 g/mol. The molecule has 0 spiro atoms. The van der Waals surface area contributed by atoms with Crippen LogP contribution in [0.2, 0.25) is 0 Å². The lowest BCUT2D eigenvalue weighted by Gasteiger charge is -2.22. The SMILES string of the molecule is C=CCN=C(N)C(C)(C)N=NC(C)(C)C(N)=NCC=C.CC(C)(N=NC(C)(C)C(N)=NCc1ccccc1)C(N)=NCc1ccccc1.Cl.Cl.Cl.Cl. The van der Waals surface area contributed by atoms with Gasteiger partial charge in [0.05, 0.1) is 26.2 Å². The maximum atomic E-state index is 6.17. The average molecular weight is 803 g/mol. The minimum atomic E-state index is -0.730. The van der Waals surface area contributed by atoms with Crippen molar-refractivity contribution in [1.29, 1.82) is 0 Å². The smallest absolute Gasteiger partial charge is 0.132 e. The van der Waals surface area contributed by atoms with Crippen LogP contribution in [0.3, 0.4) is 0 Å². The van der Waals surface area contributed by atoms with Gasteiger partial charge in [-0.15, -0.1) is 62.8 Å². The first-order valence-corrected chi connectivity index (χ1v) is 15.8. The van der Waals surface area contributed by atoms with Gasteiger partial charge in [-0.05, 0) is 66.5 Å². The second-order valence-electron chi connectivity index (χ2n) is 13.0. The predicted octanol–water partition coefficient (Wildman–Crippen LogP) is 7.88. The Balaban J connectivity index is -0.000000432. The number of hydrogen-bond donors (Lipinski definition) is 4. The molecule has 0 aliphatic carbocycles. The Kier molecular flexibility index (Phi) is 27.5. The van der Waals surface area contributed by atoms with Crippen molar-refractivity contribution in [3.05, 3.63) is 97.1 Å². The van der Waals surface area contributed by atoms with Crippen molar-refractivity contribution in [1.82, 2.24) is 0 Å². The number of hydrogen-bond acceptors (Lipinski definition) is 8. The fourth-order valence-corrected chi connectivity index (χ4v) is 3.32. The van der Waals surface area contributed by atoms with E-state index in [1.807, 2.05) is 116 Å². The number of halogens is 4. The molecule has 0 bridgehead atoms. The molecule has 0 aromatic heterocycles. The van der Waals surface area contributed by atoms with Gasteiger partial charge in [-0.3, -0.25) is 20.0 Å². The van der Waals surface area contributed by atoms with Crippen LogP contribution in [-0.4, -0.2) is 58.6 Å². The fraction of sp³-hybridized carbons (Fsp3) is 0.444. The molecule has 0 saturated heterocycles. The molecule has 52 heavy (non-hydrogen) atoms. The van der Waals surface area contributed by atoms with Gasteiger partial charge in [0.15, 0.2) is 0 Å². The molecule has 0 fully saturated rings. The van der Waals surface area contributed by atoms with E-state index >= 15 is 0 Å². The largest absolute Gasteiger partial charge is 0.385 e. The molecule has 0 saturated carbocycles. The van der Waals surface area contributed by atoms with Gasteiger partial charge in [0, 0.05) is 0 Å². The molecule has 0 aliphatic heterocycles. The summed E-state index contributed by atoms with van der Waals surface area (Å²) in [6.45, 7) is 24.0. The number of aliphatic imine (C=N–C) groups is 4. The number of amidine groups is 4. The van der Waals surface area contributed by atoms with E-state index in [1.165, 1.54) is 0 Å². The standard InChI is InChI=1S/C22H30N6.C14H26N6.4ClH/c1-21(2,19(23)25-15-17-11-7-5-8-12-17)27-28-22(3,4)20(24)26-16-18-13-9-6-10-14-18;1-7-9-17-11(15)13(3,4)19-20-14(5,6)12(16)18-10-8-2;;;;/h5-14H,15-16H2,1-4H3,(H2,23,25)(H2,24,26);7-8H,1-2,9-10H2,3-6H3,(H2,15,17)(H2,16,18);4*1H. The highest BCUT2D eigenvalue weighted by molar-refractivity contribution is 5.91. The van der Waals surface area contributed by atoms with Crippen molar-refractivity contribution in [3.63, 3.8) is 0 Å². The molecule has 0 radical (unpaired) electrons. The van der Waals surface area contributed by atoms with Gasteiger partial charge >= 0.3 is 0 Å². The number of nitrogens with zero attached hydrogens (tertiary/aromatic N) is 8. The van der Waals surface area contributed by atoms with Gasteiger partial charge in [0.25, 0.3) is 0 Å². The molecule has 0 aliphatic rings. The van der Waals surface area contributed by atoms with Crippen LogP contribution in [0.4, 0.5) is 0 Å². The molecule has 292 valence electrons. The first kappa shape index (κ1) is 54.9. The zero-order valence-electron chi connectivity index (χ0n) is 31.7. The molecule has 8 N–H and O–H groups in total. The Hall–Kier alpha value is -3.84. The Morgan fingerprint density at radius 2 is 0.692 bits per heavy atom. The minimum absolute atomic E-state index is 0. The van der Waals surface area contributed by atoms with Crippen LogP contribution < -0.4 is 22.9 Å². The van der Waals surface area contributed by atoms with E-state index in [9.17, 15) is 0 Å². The lowest BCUT2D eigenvalue weighted by molar-refractivity contribution is 0.557. The van der Waals surface area contributed by atoms with E-state index in [0.717, 1.165) is 11.1 Å². The van der Waals surface area contributed by atoms with Gasteiger partial charge in [-0.25, -0.2) is 0 Å². The summed E-state index contributed by atoms with van der Waals surface area (Å²) in [5.41, 5.74) is 23.5. The zero-order chi connectivity index (χ0) is 36.4. The first-order valence-electron chi connectivity index (χ1n) is 15.8. The van der Waals surface area contributed by atoms with E-state index in [-0.39, 0.29) is 49.6 Å². The predicted molar refractivity (Wildman–Crippen MR) is 232 cm³/mol. The van der Waals surface area contributed by atoms with E-state index in [0.29, 0.717) is 49.5 Å². The average Bonchev–Trinajstić information content (AvgIpc) is 3.06. The second kappa shape index (κ2) is 26.0. The molecule has 0 unspecified atom stereocenters. The van der Waals surface area contributed by atoms with E-state index in [4.69, 9.17) is 22.9 Å². The van der Waals surface area contributed by atoms with E-state index in [2.05, 4.69) is 53.6 Å². The molecule has 2 rings (SSSR count). The summed E-state index contributed by atoms with van der Waals surface area (Å²) in [5.74, 6) is 1.66. The summed E-state index contributed by atoms with van der Waals surface area (Å²) < 4.78 is 0. The normalized spacial score (nSPS) is 13.1. The lowest BCUT2D eigenvalue weighted by Crippen LogP contribution is -2.40. The van der Waals surface area contributed by atoms with Crippen LogP contribution in [0.1, 0.15) is 66.5 Å². The number of azo groups is 2. The summed E-state index contributed by atoms with van der Waals surface area (Å²) in [6.07, 6.45) is 3.34. The van der Waals surface area contributed by atoms with Gasteiger partial charge < -0.3 is 22.9 Å². The number of benzene rings is 2. The summed E-state index contributed by atoms with van der Waals surface area (Å²) in [6, 6.07) is 19.9. The van der Waals surface area contributed by atoms with Crippen LogP contribution in [0.25, 0.3) is 0 Å². The second-order valence-corrected chi connectivity index (χ2v) is 13.0. The highest BCUT2D eigenvalue weighted by Crippen LogP contribution is 2.18. The van der Waals surface area contributed by atoms with E-state index in [1.54, 1.807) is 12.2 Å². The maximum Gasteiger partial charge on any atom is 0.132 e. The molecule has 16 heteroatoms. The third-order valence-corrected chi connectivity index (χ3v) is 6.94. The monoisotopic (exact) mass is 800 g/mol. The molecule has 12 nitrogen and oxygen atoms in total. The van der Waals surface area contributed by atoms with Gasteiger partial charge in [0.1, 0.15) is 45.5 Å². The van der Waals surface area contributed by atoms with Crippen molar-refractivity contribution in [2.45, 2.75) is 90.6 Å². The highest BCUT2D eigenvalue weighted by atomic mass is 35.5. The van der Waals surface area contributed by atoms with Crippen LogP contribution in [0.5, 0.6) is 0 Å². The minimum Gasteiger partial charge on any atom is -0.385 e. The summed E-state index contributed by atoms with van der Waals surface area (Å²) in [4.78, 5) is 17.2. The molecule has 2 aromatic carbocycles. The Morgan fingerprint density at radius 1 is 0.462 bits per heavy atom. The van der Waals surface area contributed by atoms with Gasteiger partial charge in [-0.1, -0.05) is 72.8 Å². The molecule has 0 atom stereocenters. The molecule has 0 heterocycles. The fourth-order valence-electron chi connectivity index (χ4n) is 3.32. The lowest BCUT2D eigenvalue weighted by atomic mass is 10.0. The third kappa shape index (κ3) is 20.3. The van der Waals surface area contributed by atoms with Crippen molar-refractivity contribution < 1.29 is 0 Å². The van der Waals surface area contributed by atoms with Crippen LogP contribution in [0, 0.1) is 0 Å². The summed E-state index contributed by atoms with van der Waals surface area (Å²) in [5, 5.41) is 17.4. The van der Waals surface area contributed by atoms with Crippen molar-refractivity contribution in [2.75, 3.05) is 13.1 Å². The number of nitrogens with two attached hydrogens (primary N) is 4. The van der Waals surface area contributed by atoms with Gasteiger partial charge in [-0.2, -0.15) is 20.5 Å². The molecule has 2 aromatic rings. The summed E-state index contributed by atoms with van der Waals surface area (Å²) in [7, 11) is 0. The van der Waals surface area contributed by atoms with Crippen LogP contribution in [-0.2, 0) is 13.1 Å². The van der Waals surface area contributed by atoms with Crippen molar-refractivity contribution in [2.24, 2.45) is 63.4 Å². The maximum absolute atomic E-state index is 6.17. The Bertz CT molecular complexity index is 1390. The topological polar surface area (TPSA) is 203 Å². The Morgan fingerprint density at radius 3 is 0.923 bits per heavy atom. The number of rotatable bonds is 16. The van der Waals surface area contributed by atoms with Gasteiger partial charge in [0.2, 0.25) is 0 Å². The van der Waals surface area contributed by atoms with Crippen molar-refractivity contribution in [3.8, 4) is 0 Å². The van der Waals surface area contributed by atoms with E-state index < -0.39 is 22.2 Å². The van der Waals surface area contributed by atoms with Crippen LogP contribution in [0.15, 0.2) is 126 Å². The highest BCUT2D eigenvalue weighted by Gasteiger charge is 2.28. The van der Waals surface area contributed by atoms with Crippen molar-refractivity contribution >= 4 is 73.0 Å². The zero-order valence-corrected chi connectivity index (χ0v) is 35.0. The Labute approximate surface area is 335 Å². The summed E-state index contributed by atoms with van der Waals surface area (Å²) >= 11 is 0.